The first kappa shape index (κ1) is 25.6. The third-order valence-electron chi connectivity index (χ3n) is 5.65. The maximum atomic E-state index is 12.9. The molecular formula is C26H30ClNO6. The Morgan fingerprint density at radius 1 is 1.09 bits per heavy atom. The fourth-order valence-electron chi connectivity index (χ4n) is 4.00. The quantitative estimate of drug-likeness (QED) is 0.358. The molecule has 0 spiro atoms. The normalized spacial score (nSPS) is 12.3. The monoisotopic (exact) mass is 487 g/mol. The van der Waals surface area contributed by atoms with Crippen LogP contribution in [0.2, 0.25) is 0 Å². The Bertz CT molecular complexity index is 1300. The lowest BCUT2D eigenvalue weighted by Gasteiger charge is -2.29. The van der Waals surface area contributed by atoms with E-state index in [1.165, 1.54) is 25.0 Å². The molecule has 0 aliphatic heterocycles. The van der Waals surface area contributed by atoms with Gasteiger partial charge in [0.05, 0.1) is 18.8 Å². The summed E-state index contributed by atoms with van der Waals surface area (Å²) in [6.07, 6.45) is 0.736. The van der Waals surface area contributed by atoms with E-state index < -0.39 is 6.10 Å². The second-order valence-corrected chi connectivity index (χ2v) is 8.42. The van der Waals surface area contributed by atoms with E-state index >= 15 is 0 Å². The van der Waals surface area contributed by atoms with Crippen LogP contribution in [0, 0.1) is 6.92 Å². The molecule has 2 aromatic carbocycles. The van der Waals surface area contributed by atoms with E-state index in [0.717, 1.165) is 6.54 Å². The van der Waals surface area contributed by atoms with E-state index in [1.54, 1.807) is 13.0 Å². The van der Waals surface area contributed by atoms with Gasteiger partial charge in [-0.05, 0) is 32.4 Å². The lowest BCUT2D eigenvalue weighted by molar-refractivity contribution is 0.0551. The van der Waals surface area contributed by atoms with Crippen LogP contribution >= 0.6 is 12.4 Å². The van der Waals surface area contributed by atoms with E-state index in [1.807, 2.05) is 18.2 Å². The van der Waals surface area contributed by atoms with Crippen molar-refractivity contribution in [2.75, 3.05) is 20.3 Å². The van der Waals surface area contributed by atoms with Crippen LogP contribution in [0.4, 0.5) is 0 Å². The molecule has 1 unspecified atom stereocenters. The molecule has 4 aromatic rings. The number of aliphatic hydroxyl groups is 1. The van der Waals surface area contributed by atoms with Gasteiger partial charge in [0.1, 0.15) is 29.6 Å². The molecule has 8 heteroatoms. The maximum absolute atomic E-state index is 12.9. The number of aliphatic hydroxyl groups excluding tert-OH is 1. The minimum Gasteiger partial charge on any atom is -0.490 e. The second kappa shape index (κ2) is 11.0. The van der Waals surface area contributed by atoms with Gasteiger partial charge in [-0.25, -0.2) is 0 Å². The number of ether oxygens (including phenoxy) is 2. The summed E-state index contributed by atoms with van der Waals surface area (Å²) in [4.78, 5) is 15.1. The third kappa shape index (κ3) is 5.22. The number of methoxy groups -OCH3 is 1. The zero-order valence-electron chi connectivity index (χ0n) is 19.7. The highest BCUT2D eigenvalue weighted by atomic mass is 35.5. The van der Waals surface area contributed by atoms with Gasteiger partial charge in [0.25, 0.3) is 0 Å². The first-order chi connectivity index (χ1) is 15.9. The first-order valence-electron chi connectivity index (χ1n) is 11.0. The number of fused-ring (bicyclic) bond motifs is 2. The van der Waals surface area contributed by atoms with Crippen molar-refractivity contribution in [1.29, 1.82) is 0 Å². The topological polar surface area (TPSA) is 85.3 Å². The number of nitrogens with zero attached hydrogens (tertiary/aromatic N) is 1. The molecule has 0 bridgehead atoms. The molecule has 2 aromatic heterocycles. The summed E-state index contributed by atoms with van der Waals surface area (Å²) >= 11 is 0. The van der Waals surface area contributed by atoms with Crippen molar-refractivity contribution >= 4 is 34.3 Å². The number of hydrogen-bond acceptors (Lipinski definition) is 7. The zero-order chi connectivity index (χ0) is 23.5. The summed E-state index contributed by atoms with van der Waals surface area (Å²) in [6.45, 7) is 7.03. The number of rotatable bonds is 9. The molecule has 1 atom stereocenters. The van der Waals surface area contributed by atoms with Crippen molar-refractivity contribution in [2.45, 2.75) is 39.5 Å². The SMILES string of the molecule is COc1c2occc2c(OCC(O)CN(Cc2ccccc2)C(C)C)c2c(=O)cc(C)oc12.Cl. The minimum absolute atomic E-state index is 0. The lowest BCUT2D eigenvalue weighted by Crippen LogP contribution is -2.39. The van der Waals surface area contributed by atoms with Crippen LogP contribution in [0.5, 0.6) is 11.5 Å². The molecule has 0 aliphatic carbocycles. The Balaban J connectivity index is 0.00000324. The standard InChI is InChI=1S/C26H29NO6.ClH/c1-16(2)27(13-18-8-6-5-7-9-18)14-19(28)15-32-23-20-10-11-31-24(20)26(30-4)25-22(23)21(29)12-17(3)33-25;/h5-12,16,19,28H,13-15H2,1-4H3;1H. The van der Waals surface area contributed by atoms with Gasteiger partial charge < -0.3 is 23.4 Å². The molecule has 7 nitrogen and oxygen atoms in total. The molecule has 182 valence electrons. The minimum atomic E-state index is -0.771. The van der Waals surface area contributed by atoms with Crippen molar-refractivity contribution in [3.05, 3.63) is 70.3 Å². The predicted molar refractivity (Wildman–Crippen MR) is 134 cm³/mol. The molecule has 0 amide bonds. The Hall–Kier alpha value is -3.00. The van der Waals surface area contributed by atoms with Crippen LogP contribution in [0.15, 0.2) is 62.4 Å². The van der Waals surface area contributed by atoms with Gasteiger partial charge in [-0.15, -0.1) is 12.4 Å². The van der Waals surface area contributed by atoms with Crippen molar-refractivity contribution < 1.29 is 23.4 Å². The molecule has 0 saturated carbocycles. The molecule has 34 heavy (non-hydrogen) atoms. The average Bonchev–Trinajstić information content (AvgIpc) is 3.26. The molecular weight excluding hydrogens is 458 g/mol. The van der Waals surface area contributed by atoms with Gasteiger partial charge in [-0.1, -0.05) is 30.3 Å². The summed E-state index contributed by atoms with van der Waals surface area (Å²) in [5, 5.41) is 11.7. The van der Waals surface area contributed by atoms with Gasteiger partial charge in [0.15, 0.2) is 16.6 Å². The molecule has 2 heterocycles. The maximum Gasteiger partial charge on any atom is 0.206 e. The van der Waals surface area contributed by atoms with Crippen LogP contribution in [0.1, 0.15) is 25.2 Å². The molecule has 0 saturated heterocycles. The fourth-order valence-corrected chi connectivity index (χ4v) is 4.00. The van der Waals surface area contributed by atoms with Crippen molar-refractivity contribution in [3.63, 3.8) is 0 Å². The second-order valence-electron chi connectivity index (χ2n) is 8.42. The van der Waals surface area contributed by atoms with E-state index in [0.29, 0.717) is 34.8 Å². The summed E-state index contributed by atoms with van der Waals surface area (Å²) in [6, 6.07) is 13.5. The van der Waals surface area contributed by atoms with Gasteiger partial charge in [-0.3, -0.25) is 9.69 Å². The molecule has 0 radical (unpaired) electrons. The van der Waals surface area contributed by atoms with Gasteiger partial charge >= 0.3 is 0 Å². The Morgan fingerprint density at radius 3 is 2.50 bits per heavy atom. The highest BCUT2D eigenvalue weighted by Crippen LogP contribution is 2.42. The van der Waals surface area contributed by atoms with Crippen LogP contribution < -0.4 is 14.9 Å². The van der Waals surface area contributed by atoms with E-state index in [9.17, 15) is 9.90 Å². The number of aryl methyl sites for hydroxylation is 1. The van der Waals surface area contributed by atoms with Crippen LogP contribution in [-0.2, 0) is 6.54 Å². The highest BCUT2D eigenvalue weighted by molar-refractivity contribution is 6.06. The summed E-state index contributed by atoms with van der Waals surface area (Å²) < 4.78 is 23.0. The number of halogens is 1. The fraction of sp³-hybridized carbons (Fsp3) is 0.346. The molecule has 1 N–H and O–H groups in total. The van der Waals surface area contributed by atoms with Crippen LogP contribution in [0.25, 0.3) is 21.9 Å². The number of furan rings is 1. The third-order valence-corrected chi connectivity index (χ3v) is 5.65. The molecule has 0 aliphatic rings. The summed E-state index contributed by atoms with van der Waals surface area (Å²) in [5.74, 6) is 1.12. The van der Waals surface area contributed by atoms with E-state index in [4.69, 9.17) is 18.3 Å². The average molecular weight is 488 g/mol. The van der Waals surface area contributed by atoms with Gasteiger partial charge in [-0.2, -0.15) is 0 Å². The number of benzene rings is 2. The van der Waals surface area contributed by atoms with Crippen molar-refractivity contribution in [2.24, 2.45) is 0 Å². The van der Waals surface area contributed by atoms with Crippen molar-refractivity contribution in [1.82, 2.24) is 4.90 Å². The van der Waals surface area contributed by atoms with Gasteiger partial charge in [0, 0.05) is 25.2 Å². The molecule has 4 rings (SSSR count). The predicted octanol–water partition coefficient (Wildman–Crippen LogP) is 4.93. The smallest absolute Gasteiger partial charge is 0.206 e. The lowest BCUT2D eigenvalue weighted by atomic mass is 10.1. The zero-order valence-corrected chi connectivity index (χ0v) is 20.6. The Kier molecular flexibility index (Phi) is 8.25. The van der Waals surface area contributed by atoms with Crippen LogP contribution in [-0.4, -0.2) is 42.4 Å². The van der Waals surface area contributed by atoms with Gasteiger partial charge in [0.2, 0.25) is 5.75 Å². The first-order valence-corrected chi connectivity index (χ1v) is 11.0. The largest absolute Gasteiger partial charge is 0.490 e. The van der Waals surface area contributed by atoms with Crippen molar-refractivity contribution in [3.8, 4) is 11.5 Å². The highest BCUT2D eigenvalue weighted by Gasteiger charge is 2.24. The summed E-state index contributed by atoms with van der Waals surface area (Å²) in [7, 11) is 1.50. The number of hydrogen-bond donors (Lipinski definition) is 1. The Labute approximate surface area is 204 Å². The Morgan fingerprint density at radius 2 is 1.82 bits per heavy atom. The molecule has 0 fully saturated rings. The van der Waals surface area contributed by atoms with E-state index in [2.05, 4.69) is 30.9 Å². The van der Waals surface area contributed by atoms with E-state index in [-0.39, 0.29) is 41.5 Å². The van der Waals surface area contributed by atoms with Crippen LogP contribution in [0.3, 0.4) is 0 Å². The summed E-state index contributed by atoms with van der Waals surface area (Å²) in [5.41, 5.74) is 1.62.